The maximum Gasteiger partial charge on any atom is 0.407 e. The standard InChI is InChI=1S/C13H25NO2/c1-11(2)16-13(15)14-12-9-7-5-3-4-6-8-10-12/h11-12H,3-10H2,1-2H3,(H,14,15). The first-order valence-corrected chi connectivity index (χ1v) is 6.65. The number of rotatable bonds is 2. The van der Waals surface area contributed by atoms with E-state index in [1.807, 2.05) is 13.8 Å². The zero-order chi connectivity index (χ0) is 11.8. The van der Waals surface area contributed by atoms with Gasteiger partial charge in [-0.2, -0.15) is 0 Å². The Labute approximate surface area is 98.9 Å². The molecule has 1 N–H and O–H groups in total. The first-order chi connectivity index (χ1) is 7.68. The van der Waals surface area contributed by atoms with Crippen LogP contribution in [0.5, 0.6) is 0 Å². The molecule has 1 aliphatic rings. The van der Waals surface area contributed by atoms with Crippen LogP contribution in [0.1, 0.15) is 65.2 Å². The summed E-state index contributed by atoms with van der Waals surface area (Å²) in [6, 6.07) is 0.323. The number of hydrogen-bond donors (Lipinski definition) is 1. The van der Waals surface area contributed by atoms with E-state index in [4.69, 9.17) is 4.74 Å². The summed E-state index contributed by atoms with van der Waals surface area (Å²) >= 11 is 0. The highest BCUT2D eigenvalue weighted by Gasteiger charge is 2.14. The molecule has 0 radical (unpaired) electrons. The Hall–Kier alpha value is -0.730. The first kappa shape index (κ1) is 13.3. The summed E-state index contributed by atoms with van der Waals surface area (Å²) in [6.45, 7) is 3.76. The van der Waals surface area contributed by atoms with E-state index in [9.17, 15) is 4.79 Å². The van der Waals surface area contributed by atoms with E-state index >= 15 is 0 Å². The van der Waals surface area contributed by atoms with E-state index < -0.39 is 0 Å². The summed E-state index contributed by atoms with van der Waals surface area (Å²) in [5, 5.41) is 2.98. The molecule has 3 nitrogen and oxygen atoms in total. The second-order valence-corrected chi connectivity index (χ2v) is 4.99. The van der Waals surface area contributed by atoms with Crippen molar-refractivity contribution >= 4 is 6.09 Å². The van der Waals surface area contributed by atoms with Crippen molar-refractivity contribution in [1.29, 1.82) is 0 Å². The highest BCUT2D eigenvalue weighted by Crippen LogP contribution is 2.17. The van der Waals surface area contributed by atoms with Crippen LogP contribution in [-0.2, 0) is 4.74 Å². The fourth-order valence-electron chi connectivity index (χ4n) is 2.19. The van der Waals surface area contributed by atoms with Crippen molar-refractivity contribution in [1.82, 2.24) is 5.32 Å². The van der Waals surface area contributed by atoms with Crippen LogP contribution < -0.4 is 5.32 Å². The SMILES string of the molecule is CC(C)OC(=O)NC1CCCCCCCC1. The molecule has 1 amide bonds. The van der Waals surface area contributed by atoms with Crippen LogP contribution in [0.4, 0.5) is 4.79 Å². The van der Waals surface area contributed by atoms with Gasteiger partial charge in [0, 0.05) is 6.04 Å². The minimum Gasteiger partial charge on any atom is -0.447 e. The van der Waals surface area contributed by atoms with Crippen LogP contribution in [0.2, 0.25) is 0 Å². The molecule has 0 spiro atoms. The van der Waals surface area contributed by atoms with Crippen molar-refractivity contribution < 1.29 is 9.53 Å². The summed E-state index contributed by atoms with van der Waals surface area (Å²) in [5.74, 6) is 0. The van der Waals surface area contributed by atoms with Gasteiger partial charge in [-0.1, -0.05) is 38.5 Å². The van der Waals surface area contributed by atoms with Gasteiger partial charge in [-0.25, -0.2) is 4.79 Å². The van der Waals surface area contributed by atoms with Crippen molar-refractivity contribution in [3.05, 3.63) is 0 Å². The molecule has 1 fully saturated rings. The Morgan fingerprint density at radius 3 is 2.06 bits per heavy atom. The van der Waals surface area contributed by atoms with Crippen molar-refractivity contribution in [2.24, 2.45) is 0 Å². The molecule has 0 aromatic carbocycles. The van der Waals surface area contributed by atoms with E-state index in [2.05, 4.69) is 5.32 Å². The molecule has 0 heterocycles. The summed E-state index contributed by atoms with van der Waals surface area (Å²) < 4.78 is 5.11. The van der Waals surface area contributed by atoms with Crippen LogP contribution in [0, 0.1) is 0 Å². The van der Waals surface area contributed by atoms with E-state index in [0.29, 0.717) is 6.04 Å². The Balaban J connectivity index is 2.28. The fourth-order valence-corrected chi connectivity index (χ4v) is 2.19. The minimum absolute atomic E-state index is 0.0312. The number of carbonyl (C=O) groups is 1. The van der Waals surface area contributed by atoms with Gasteiger partial charge in [0.1, 0.15) is 0 Å². The molecular formula is C13H25NO2. The summed E-state index contributed by atoms with van der Waals surface area (Å²) in [5.41, 5.74) is 0. The van der Waals surface area contributed by atoms with Gasteiger partial charge in [-0.05, 0) is 26.7 Å². The van der Waals surface area contributed by atoms with Crippen LogP contribution in [0.15, 0.2) is 0 Å². The third-order valence-corrected chi connectivity index (χ3v) is 3.02. The van der Waals surface area contributed by atoms with Crippen molar-refractivity contribution in [2.45, 2.75) is 77.4 Å². The van der Waals surface area contributed by atoms with E-state index in [1.54, 1.807) is 0 Å². The summed E-state index contributed by atoms with van der Waals surface area (Å²) in [4.78, 5) is 11.5. The third kappa shape index (κ3) is 5.99. The second kappa shape index (κ2) is 7.53. The molecule has 1 rings (SSSR count). The van der Waals surface area contributed by atoms with Crippen molar-refractivity contribution in [3.8, 4) is 0 Å². The summed E-state index contributed by atoms with van der Waals surface area (Å²) in [7, 11) is 0. The molecule has 0 bridgehead atoms. The minimum atomic E-state index is -0.251. The lowest BCUT2D eigenvalue weighted by Gasteiger charge is -2.18. The van der Waals surface area contributed by atoms with Crippen LogP contribution in [0.3, 0.4) is 0 Å². The molecule has 0 saturated heterocycles. The number of alkyl carbamates (subject to hydrolysis) is 1. The normalized spacial score (nSPS) is 19.7. The maximum atomic E-state index is 11.5. The average Bonchev–Trinajstić information content (AvgIpc) is 2.30. The lowest BCUT2D eigenvalue weighted by atomic mass is 10.1. The average molecular weight is 227 g/mol. The molecule has 0 aromatic rings. The van der Waals surface area contributed by atoms with Crippen molar-refractivity contribution in [3.63, 3.8) is 0 Å². The molecule has 16 heavy (non-hydrogen) atoms. The lowest BCUT2D eigenvalue weighted by Crippen LogP contribution is -2.36. The first-order valence-electron chi connectivity index (χ1n) is 6.65. The zero-order valence-electron chi connectivity index (χ0n) is 10.6. The Bertz CT molecular complexity index is 194. The van der Waals surface area contributed by atoms with Crippen LogP contribution >= 0.6 is 0 Å². The van der Waals surface area contributed by atoms with Crippen LogP contribution in [-0.4, -0.2) is 18.2 Å². The largest absolute Gasteiger partial charge is 0.447 e. The zero-order valence-corrected chi connectivity index (χ0v) is 10.6. The quantitative estimate of drug-likeness (QED) is 0.782. The number of amides is 1. The fraction of sp³-hybridized carbons (Fsp3) is 0.923. The molecule has 3 heteroatoms. The number of nitrogens with one attached hydrogen (secondary N) is 1. The Morgan fingerprint density at radius 1 is 1.06 bits per heavy atom. The maximum absolute atomic E-state index is 11.5. The Kier molecular flexibility index (Phi) is 6.27. The van der Waals surface area contributed by atoms with Gasteiger partial charge >= 0.3 is 6.09 Å². The molecule has 0 unspecified atom stereocenters. The monoisotopic (exact) mass is 227 g/mol. The van der Waals surface area contributed by atoms with E-state index in [0.717, 1.165) is 12.8 Å². The van der Waals surface area contributed by atoms with Gasteiger partial charge in [0.2, 0.25) is 0 Å². The smallest absolute Gasteiger partial charge is 0.407 e. The van der Waals surface area contributed by atoms with E-state index in [1.165, 1.54) is 38.5 Å². The van der Waals surface area contributed by atoms with Crippen molar-refractivity contribution in [2.75, 3.05) is 0 Å². The lowest BCUT2D eigenvalue weighted by molar-refractivity contribution is 0.111. The predicted octanol–water partition coefficient (Wildman–Crippen LogP) is 3.62. The molecule has 0 aromatic heterocycles. The molecule has 1 saturated carbocycles. The van der Waals surface area contributed by atoms with Gasteiger partial charge in [0.15, 0.2) is 0 Å². The molecule has 94 valence electrons. The van der Waals surface area contributed by atoms with Gasteiger partial charge in [0.25, 0.3) is 0 Å². The number of carbonyl (C=O) groups excluding carboxylic acids is 1. The predicted molar refractivity (Wildman–Crippen MR) is 65.5 cm³/mol. The van der Waals surface area contributed by atoms with Gasteiger partial charge in [-0.3, -0.25) is 0 Å². The topological polar surface area (TPSA) is 38.3 Å². The Morgan fingerprint density at radius 2 is 1.56 bits per heavy atom. The van der Waals surface area contributed by atoms with Crippen LogP contribution in [0.25, 0.3) is 0 Å². The highest BCUT2D eigenvalue weighted by atomic mass is 16.6. The van der Waals surface area contributed by atoms with Gasteiger partial charge in [0.05, 0.1) is 6.10 Å². The molecule has 0 aliphatic heterocycles. The van der Waals surface area contributed by atoms with Gasteiger partial charge in [-0.15, -0.1) is 0 Å². The number of hydrogen-bond acceptors (Lipinski definition) is 2. The summed E-state index contributed by atoms with van der Waals surface area (Å²) in [6.07, 6.45) is 9.69. The molecule has 1 aliphatic carbocycles. The van der Waals surface area contributed by atoms with Gasteiger partial charge < -0.3 is 10.1 Å². The van der Waals surface area contributed by atoms with E-state index in [-0.39, 0.29) is 12.2 Å². The third-order valence-electron chi connectivity index (χ3n) is 3.02. The highest BCUT2D eigenvalue weighted by molar-refractivity contribution is 5.67. The molecule has 0 atom stereocenters. The number of ether oxygens (including phenoxy) is 1. The second-order valence-electron chi connectivity index (χ2n) is 4.99. The molecular weight excluding hydrogens is 202 g/mol.